The van der Waals surface area contributed by atoms with Gasteiger partial charge in [0.05, 0.1) is 6.61 Å². The molecule has 0 aromatic carbocycles. The molecule has 0 unspecified atom stereocenters. The minimum Gasteiger partial charge on any atom is -0.463 e. The number of aryl methyl sites for hydroxylation is 2. The van der Waals surface area contributed by atoms with Gasteiger partial charge in [-0.25, -0.2) is 4.79 Å². The summed E-state index contributed by atoms with van der Waals surface area (Å²) >= 11 is 0. The molecule has 0 bridgehead atoms. The molecule has 0 aliphatic rings. The molecule has 0 aliphatic heterocycles. The van der Waals surface area contributed by atoms with Crippen molar-refractivity contribution in [3.05, 3.63) is 35.2 Å². The molecule has 0 spiro atoms. The summed E-state index contributed by atoms with van der Waals surface area (Å²) in [5.74, 6) is -0.322. The number of hydrogen-bond donors (Lipinski definition) is 0. The lowest BCUT2D eigenvalue weighted by atomic mass is 10.2. The maximum absolute atomic E-state index is 11.1. The zero-order valence-corrected chi connectivity index (χ0v) is 9.28. The number of carbonyl (C=O) groups excluding carboxylic acids is 1. The maximum atomic E-state index is 11.1. The number of esters is 1. The lowest BCUT2D eigenvalue weighted by Gasteiger charge is -2.00. The number of carbonyl (C=O) groups is 1. The molecule has 0 saturated heterocycles. The van der Waals surface area contributed by atoms with E-state index in [1.807, 2.05) is 26.0 Å². The monoisotopic (exact) mass is 205 g/mol. The fourth-order valence-electron chi connectivity index (χ4n) is 1.22. The van der Waals surface area contributed by atoms with Crippen molar-refractivity contribution in [1.29, 1.82) is 0 Å². The number of aromatic nitrogens is 1. The van der Waals surface area contributed by atoms with Crippen molar-refractivity contribution in [2.45, 2.75) is 20.8 Å². The topological polar surface area (TPSA) is 39.2 Å². The van der Waals surface area contributed by atoms with Crippen LogP contribution in [0.3, 0.4) is 0 Å². The molecule has 0 N–H and O–H groups in total. The first kappa shape index (κ1) is 11.4. The SMILES string of the molecule is CCOC(=O)/C=C/c1ccc(C)nc1C. The van der Waals surface area contributed by atoms with E-state index < -0.39 is 0 Å². The summed E-state index contributed by atoms with van der Waals surface area (Å²) in [5, 5.41) is 0. The van der Waals surface area contributed by atoms with E-state index in [-0.39, 0.29) is 5.97 Å². The van der Waals surface area contributed by atoms with E-state index in [4.69, 9.17) is 4.74 Å². The van der Waals surface area contributed by atoms with Crippen LogP contribution >= 0.6 is 0 Å². The van der Waals surface area contributed by atoms with Gasteiger partial charge in [-0.05, 0) is 38.5 Å². The summed E-state index contributed by atoms with van der Waals surface area (Å²) in [4.78, 5) is 15.4. The third kappa shape index (κ3) is 3.54. The lowest BCUT2D eigenvalue weighted by molar-refractivity contribution is -0.137. The van der Waals surface area contributed by atoms with E-state index in [9.17, 15) is 4.79 Å². The molecular weight excluding hydrogens is 190 g/mol. The van der Waals surface area contributed by atoms with Gasteiger partial charge in [0.1, 0.15) is 0 Å². The fraction of sp³-hybridized carbons (Fsp3) is 0.333. The van der Waals surface area contributed by atoms with Crippen LogP contribution in [0.15, 0.2) is 18.2 Å². The second-order valence-electron chi connectivity index (χ2n) is 3.21. The van der Waals surface area contributed by atoms with Crippen molar-refractivity contribution >= 4 is 12.0 Å². The van der Waals surface area contributed by atoms with Crippen molar-refractivity contribution in [2.75, 3.05) is 6.61 Å². The van der Waals surface area contributed by atoms with Crippen molar-refractivity contribution in [3.63, 3.8) is 0 Å². The molecule has 0 fully saturated rings. The molecule has 0 saturated carbocycles. The lowest BCUT2D eigenvalue weighted by Crippen LogP contribution is -1.99. The molecule has 0 amide bonds. The first-order valence-electron chi connectivity index (χ1n) is 4.92. The first-order chi connectivity index (χ1) is 7.13. The number of pyridine rings is 1. The van der Waals surface area contributed by atoms with Gasteiger partial charge >= 0.3 is 5.97 Å². The van der Waals surface area contributed by atoms with Gasteiger partial charge in [-0.15, -0.1) is 0 Å². The Bertz CT molecular complexity index is 383. The second kappa shape index (κ2) is 5.29. The van der Waals surface area contributed by atoms with Gasteiger partial charge < -0.3 is 4.74 Å². The minimum absolute atomic E-state index is 0.322. The number of ether oxygens (including phenoxy) is 1. The van der Waals surface area contributed by atoms with E-state index in [0.717, 1.165) is 17.0 Å². The predicted molar refractivity (Wildman–Crippen MR) is 59.4 cm³/mol. The second-order valence-corrected chi connectivity index (χ2v) is 3.21. The number of hydrogen-bond acceptors (Lipinski definition) is 3. The van der Waals surface area contributed by atoms with Crippen LogP contribution in [0.5, 0.6) is 0 Å². The molecule has 1 aromatic heterocycles. The average Bonchev–Trinajstić information content (AvgIpc) is 2.17. The molecular formula is C12H15NO2. The highest BCUT2D eigenvalue weighted by Gasteiger charge is 1.98. The fourth-order valence-corrected chi connectivity index (χ4v) is 1.22. The van der Waals surface area contributed by atoms with E-state index >= 15 is 0 Å². The van der Waals surface area contributed by atoms with Crippen LogP contribution in [0.1, 0.15) is 23.9 Å². The van der Waals surface area contributed by atoms with Gasteiger partial charge in [-0.1, -0.05) is 6.07 Å². The van der Waals surface area contributed by atoms with E-state index in [2.05, 4.69) is 4.98 Å². The highest BCUT2D eigenvalue weighted by Crippen LogP contribution is 2.08. The molecule has 3 heteroatoms. The molecule has 1 rings (SSSR count). The third-order valence-corrected chi connectivity index (χ3v) is 1.95. The van der Waals surface area contributed by atoms with Crippen LogP contribution in [0.25, 0.3) is 6.08 Å². The van der Waals surface area contributed by atoms with Crippen molar-refractivity contribution in [2.24, 2.45) is 0 Å². The van der Waals surface area contributed by atoms with Crippen molar-refractivity contribution < 1.29 is 9.53 Å². The summed E-state index contributed by atoms with van der Waals surface area (Å²) < 4.78 is 4.78. The van der Waals surface area contributed by atoms with Gasteiger partial charge in [-0.3, -0.25) is 4.98 Å². The van der Waals surface area contributed by atoms with Crippen LogP contribution in [0.4, 0.5) is 0 Å². The minimum atomic E-state index is -0.322. The Balaban J connectivity index is 2.76. The summed E-state index contributed by atoms with van der Waals surface area (Å²) in [6, 6.07) is 3.85. The van der Waals surface area contributed by atoms with Crippen LogP contribution in [-0.4, -0.2) is 17.6 Å². The van der Waals surface area contributed by atoms with Crippen LogP contribution in [0.2, 0.25) is 0 Å². The van der Waals surface area contributed by atoms with Gasteiger partial charge in [0, 0.05) is 17.5 Å². The Kier molecular flexibility index (Phi) is 4.03. The quantitative estimate of drug-likeness (QED) is 0.561. The van der Waals surface area contributed by atoms with Gasteiger partial charge in [0.2, 0.25) is 0 Å². The van der Waals surface area contributed by atoms with Crippen LogP contribution in [0, 0.1) is 13.8 Å². The van der Waals surface area contributed by atoms with E-state index in [1.165, 1.54) is 6.08 Å². The van der Waals surface area contributed by atoms with E-state index in [1.54, 1.807) is 13.0 Å². The molecule has 3 nitrogen and oxygen atoms in total. The summed E-state index contributed by atoms with van der Waals surface area (Å²) in [6.07, 6.45) is 3.14. The maximum Gasteiger partial charge on any atom is 0.330 e. The molecule has 1 heterocycles. The first-order valence-corrected chi connectivity index (χ1v) is 4.92. The molecule has 0 aliphatic carbocycles. The molecule has 15 heavy (non-hydrogen) atoms. The zero-order valence-electron chi connectivity index (χ0n) is 9.28. The Morgan fingerprint density at radius 2 is 2.20 bits per heavy atom. The normalized spacial score (nSPS) is 10.6. The number of rotatable bonds is 3. The number of nitrogens with zero attached hydrogens (tertiary/aromatic N) is 1. The van der Waals surface area contributed by atoms with Crippen LogP contribution in [-0.2, 0) is 9.53 Å². The van der Waals surface area contributed by atoms with Gasteiger partial charge in [-0.2, -0.15) is 0 Å². The van der Waals surface area contributed by atoms with Crippen LogP contribution < -0.4 is 0 Å². The third-order valence-electron chi connectivity index (χ3n) is 1.95. The van der Waals surface area contributed by atoms with E-state index in [0.29, 0.717) is 6.61 Å². The van der Waals surface area contributed by atoms with Gasteiger partial charge in [0.15, 0.2) is 0 Å². The zero-order chi connectivity index (χ0) is 11.3. The van der Waals surface area contributed by atoms with Crippen molar-refractivity contribution in [1.82, 2.24) is 4.98 Å². The predicted octanol–water partition coefficient (Wildman–Crippen LogP) is 2.27. The molecule has 0 radical (unpaired) electrons. The molecule has 0 atom stereocenters. The summed E-state index contributed by atoms with van der Waals surface area (Å²) in [5.41, 5.74) is 2.82. The standard InChI is InChI=1S/C12H15NO2/c1-4-15-12(14)8-7-11-6-5-9(2)13-10(11)3/h5-8H,4H2,1-3H3/b8-7+. The smallest absolute Gasteiger partial charge is 0.330 e. The average molecular weight is 205 g/mol. The highest BCUT2D eigenvalue weighted by molar-refractivity contribution is 5.87. The summed E-state index contributed by atoms with van der Waals surface area (Å²) in [7, 11) is 0. The molecule has 1 aromatic rings. The highest BCUT2D eigenvalue weighted by atomic mass is 16.5. The Labute approximate surface area is 89.8 Å². The van der Waals surface area contributed by atoms with Gasteiger partial charge in [0.25, 0.3) is 0 Å². The Morgan fingerprint density at radius 3 is 2.80 bits per heavy atom. The largest absolute Gasteiger partial charge is 0.463 e. The Morgan fingerprint density at radius 1 is 1.47 bits per heavy atom. The Hall–Kier alpha value is -1.64. The molecule has 80 valence electrons. The van der Waals surface area contributed by atoms with Crippen molar-refractivity contribution in [3.8, 4) is 0 Å². The summed E-state index contributed by atoms with van der Waals surface area (Å²) in [6.45, 7) is 6.03.